The van der Waals surface area contributed by atoms with Crippen molar-refractivity contribution in [3.05, 3.63) is 35.9 Å². The van der Waals surface area contributed by atoms with E-state index in [1.807, 2.05) is 6.07 Å². The van der Waals surface area contributed by atoms with Crippen LogP contribution in [-0.4, -0.2) is 11.8 Å². The van der Waals surface area contributed by atoms with Crippen LogP contribution in [0.2, 0.25) is 0 Å². The van der Waals surface area contributed by atoms with Crippen LogP contribution in [-0.2, 0) is 5.41 Å². The molecule has 0 aromatic heterocycles. The molecule has 1 aromatic carbocycles. The average Bonchev–Trinajstić information content (AvgIpc) is 2.35. The van der Waals surface area contributed by atoms with Gasteiger partial charge in [-0.3, -0.25) is 0 Å². The average molecular weight is 287 g/mol. The molecular weight excluding hydrogens is 263 g/mol. The van der Waals surface area contributed by atoms with E-state index in [2.05, 4.69) is 45.0 Å². The second kappa shape index (κ2) is 6.82. The second-order valence-electron chi connectivity index (χ2n) is 6.33. The molecule has 1 aromatic rings. The van der Waals surface area contributed by atoms with Crippen LogP contribution < -0.4 is 0 Å². The zero-order valence-electron chi connectivity index (χ0n) is 11.7. The van der Waals surface area contributed by atoms with Crippen LogP contribution >= 0.6 is 23.2 Å². The van der Waals surface area contributed by atoms with Crippen molar-refractivity contribution < 1.29 is 0 Å². The first-order valence-electron chi connectivity index (χ1n) is 6.61. The van der Waals surface area contributed by atoms with Crippen molar-refractivity contribution in [2.24, 2.45) is 5.41 Å². The van der Waals surface area contributed by atoms with Gasteiger partial charge in [0, 0.05) is 17.2 Å². The van der Waals surface area contributed by atoms with Gasteiger partial charge in [-0.25, -0.2) is 0 Å². The summed E-state index contributed by atoms with van der Waals surface area (Å²) in [6, 6.07) is 10.4. The van der Waals surface area contributed by atoms with E-state index in [-0.39, 0.29) is 5.41 Å². The lowest BCUT2D eigenvalue weighted by molar-refractivity contribution is 0.336. The lowest BCUT2D eigenvalue weighted by Crippen LogP contribution is -2.31. The monoisotopic (exact) mass is 286 g/mol. The minimum absolute atomic E-state index is 0.0738. The highest BCUT2D eigenvalue weighted by Gasteiger charge is 2.30. The molecule has 0 atom stereocenters. The summed E-state index contributed by atoms with van der Waals surface area (Å²) in [6.45, 7) is 6.83. The number of rotatable bonds is 6. The second-order valence-corrected chi connectivity index (χ2v) is 6.86. The topological polar surface area (TPSA) is 0 Å². The number of alkyl halides is 2. The first-order chi connectivity index (χ1) is 8.43. The van der Waals surface area contributed by atoms with Crippen molar-refractivity contribution in [3.63, 3.8) is 0 Å². The van der Waals surface area contributed by atoms with Crippen LogP contribution in [0.3, 0.4) is 0 Å². The van der Waals surface area contributed by atoms with Gasteiger partial charge in [0.1, 0.15) is 0 Å². The molecule has 1 rings (SSSR count). The van der Waals surface area contributed by atoms with Gasteiger partial charge in [-0.05, 0) is 23.8 Å². The van der Waals surface area contributed by atoms with Crippen molar-refractivity contribution in [2.75, 3.05) is 11.8 Å². The molecule has 102 valence electrons. The molecule has 0 aliphatic rings. The van der Waals surface area contributed by atoms with E-state index in [0.29, 0.717) is 17.2 Å². The lowest BCUT2D eigenvalue weighted by Gasteiger charge is -2.31. The Kier molecular flexibility index (Phi) is 6.01. The molecule has 0 saturated carbocycles. The fourth-order valence-corrected chi connectivity index (χ4v) is 3.08. The third kappa shape index (κ3) is 4.48. The maximum Gasteiger partial charge on any atom is 0.0332 e. The molecule has 0 unspecified atom stereocenters. The minimum Gasteiger partial charge on any atom is -0.126 e. The predicted molar refractivity (Wildman–Crippen MR) is 82.9 cm³/mol. The Morgan fingerprint density at radius 1 is 0.889 bits per heavy atom. The molecular formula is C16H24Cl2. The third-order valence-electron chi connectivity index (χ3n) is 3.48. The van der Waals surface area contributed by atoms with Crippen molar-refractivity contribution in [3.8, 4) is 0 Å². The van der Waals surface area contributed by atoms with Crippen molar-refractivity contribution in [1.29, 1.82) is 0 Å². The van der Waals surface area contributed by atoms with Crippen molar-refractivity contribution in [2.45, 2.75) is 45.4 Å². The van der Waals surface area contributed by atoms with Gasteiger partial charge >= 0.3 is 0 Å². The number of benzene rings is 1. The SMILES string of the molecule is CC(C)(C)CCCC(CCl)(CCl)c1ccccc1. The molecule has 2 heteroatoms. The predicted octanol–water partition coefficient (Wildman–Crippen LogP) is 5.62. The summed E-state index contributed by atoms with van der Waals surface area (Å²) in [6.07, 6.45) is 3.43. The van der Waals surface area contributed by atoms with E-state index < -0.39 is 0 Å². The van der Waals surface area contributed by atoms with E-state index in [1.165, 1.54) is 12.0 Å². The molecule has 0 nitrogen and oxygen atoms in total. The molecule has 0 aliphatic carbocycles. The molecule has 0 spiro atoms. The Hall–Kier alpha value is -0.200. The van der Waals surface area contributed by atoms with Crippen LogP contribution in [0.5, 0.6) is 0 Å². The highest BCUT2D eigenvalue weighted by molar-refractivity contribution is 6.22. The van der Waals surface area contributed by atoms with E-state index in [4.69, 9.17) is 23.2 Å². The zero-order valence-corrected chi connectivity index (χ0v) is 13.2. The lowest BCUT2D eigenvalue weighted by atomic mass is 9.77. The van der Waals surface area contributed by atoms with Gasteiger partial charge in [0.25, 0.3) is 0 Å². The van der Waals surface area contributed by atoms with Gasteiger partial charge in [0.2, 0.25) is 0 Å². The van der Waals surface area contributed by atoms with Crippen LogP contribution in [0, 0.1) is 5.41 Å². The number of halogens is 2. The normalized spacial score (nSPS) is 12.7. The Labute approximate surface area is 122 Å². The molecule has 0 amide bonds. The van der Waals surface area contributed by atoms with Crippen molar-refractivity contribution in [1.82, 2.24) is 0 Å². The summed E-state index contributed by atoms with van der Waals surface area (Å²) in [7, 11) is 0. The molecule has 0 saturated heterocycles. The molecule has 18 heavy (non-hydrogen) atoms. The molecule has 0 bridgehead atoms. The number of hydrogen-bond donors (Lipinski definition) is 0. The van der Waals surface area contributed by atoms with Gasteiger partial charge in [-0.15, -0.1) is 23.2 Å². The summed E-state index contributed by atoms with van der Waals surface area (Å²) in [5.74, 6) is 1.18. The summed E-state index contributed by atoms with van der Waals surface area (Å²) in [5, 5.41) is 0. The summed E-state index contributed by atoms with van der Waals surface area (Å²) in [4.78, 5) is 0. The summed E-state index contributed by atoms with van der Waals surface area (Å²) < 4.78 is 0. The fraction of sp³-hybridized carbons (Fsp3) is 0.625. The van der Waals surface area contributed by atoms with E-state index >= 15 is 0 Å². The van der Waals surface area contributed by atoms with Crippen LogP contribution in [0.15, 0.2) is 30.3 Å². The first-order valence-corrected chi connectivity index (χ1v) is 7.68. The van der Waals surface area contributed by atoms with Gasteiger partial charge in [-0.2, -0.15) is 0 Å². The zero-order chi connectivity index (χ0) is 13.6. The minimum atomic E-state index is -0.0738. The molecule has 0 radical (unpaired) electrons. The third-order valence-corrected chi connectivity index (χ3v) is 4.50. The number of hydrogen-bond acceptors (Lipinski definition) is 0. The van der Waals surface area contributed by atoms with Crippen LogP contribution in [0.4, 0.5) is 0 Å². The summed E-state index contributed by atoms with van der Waals surface area (Å²) in [5.41, 5.74) is 1.57. The molecule has 0 heterocycles. The van der Waals surface area contributed by atoms with E-state index in [0.717, 1.165) is 12.8 Å². The largest absolute Gasteiger partial charge is 0.126 e. The summed E-state index contributed by atoms with van der Waals surface area (Å²) >= 11 is 12.4. The Bertz CT molecular complexity index is 334. The smallest absolute Gasteiger partial charge is 0.0332 e. The molecule has 0 fully saturated rings. The highest BCUT2D eigenvalue weighted by Crippen LogP contribution is 2.34. The standard InChI is InChI=1S/C16H24Cl2/c1-15(2,3)10-7-11-16(12-17,13-18)14-8-5-4-6-9-14/h4-6,8-9H,7,10-13H2,1-3H3. The Morgan fingerprint density at radius 3 is 1.89 bits per heavy atom. The Balaban J connectivity index is 2.76. The van der Waals surface area contributed by atoms with E-state index in [9.17, 15) is 0 Å². The van der Waals surface area contributed by atoms with Crippen molar-refractivity contribution >= 4 is 23.2 Å². The van der Waals surface area contributed by atoms with Crippen LogP contribution in [0.1, 0.15) is 45.6 Å². The van der Waals surface area contributed by atoms with Gasteiger partial charge in [0.05, 0.1) is 0 Å². The first kappa shape index (κ1) is 15.9. The highest BCUT2D eigenvalue weighted by atomic mass is 35.5. The fourth-order valence-electron chi connectivity index (χ4n) is 2.22. The Morgan fingerprint density at radius 2 is 1.44 bits per heavy atom. The molecule has 0 aliphatic heterocycles. The van der Waals surface area contributed by atoms with Gasteiger partial charge in [0.15, 0.2) is 0 Å². The maximum atomic E-state index is 6.22. The molecule has 0 N–H and O–H groups in total. The quantitative estimate of drug-likeness (QED) is 0.596. The van der Waals surface area contributed by atoms with Gasteiger partial charge < -0.3 is 0 Å². The van der Waals surface area contributed by atoms with Gasteiger partial charge in [-0.1, -0.05) is 57.5 Å². The van der Waals surface area contributed by atoms with E-state index in [1.54, 1.807) is 0 Å². The maximum absolute atomic E-state index is 6.22. The van der Waals surface area contributed by atoms with Crippen LogP contribution in [0.25, 0.3) is 0 Å².